The molecule has 7 nitrogen and oxygen atoms in total. The molecule has 0 radical (unpaired) electrons. The van der Waals surface area contributed by atoms with Gasteiger partial charge in [-0.2, -0.15) is 4.31 Å². The van der Waals surface area contributed by atoms with E-state index in [-0.39, 0.29) is 26.2 Å². The zero-order valence-electron chi connectivity index (χ0n) is 19.0. The van der Waals surface area contributed by atoms with Crippen molar-refractivity contribution in [2.45, 2.75) is 11.3 Å². The molecule has 14 heteroatoms. The third kappa shape index (κ3) is 4.72. The summed E-state index contributed by atoms with van der Waals surface area (Å²) in [5.74, 6) is -10.5. The number of piperazine rings is 1. The summed E-state index contributed by atoms with van der Waals surface area (Å²) < 4.78 is 105. The Morgan fingerprint density at radius 3 is 2.11 bits per heavy atom. The summed E-state index contributed by atoms with van der Waals surface area (Å²) in [6, 6.07) is 5.42. The first kappa shape index (κ1) is 26.1. The highest BCUT2D eigenvalue weighted by molar-refractivity contribution is 7.89. The Balaban J connectivity index is 1.47. The lowest BCUT2D eigenvalue weighted by atomic mass is 10.1. The molecule has 0 atom stereocenters. The highest BCUT2D eigenvalue weighted by atomic mass is 32.2. The largest absolute Gasteiger partial charge is 0.497 e. The van der Waals surface area contributed by atoms with Gasteiger partial charge in [0.05, 0.1) is 19.9 Å². The smallest absolute Gasteiger partial charge is 0.249 e. The molecule has 3 aromatic rings. The molecule has 1 aromatic heterocycles. The number of anilines is 1. The van der Waals surface area contributed by atoms with Crippen molar-refractivity contribution < 1.29 is 39.8 Å². The molecule has 2 aromatic carbocycles. The summed E-state index contributed by atoms with van der Waals surface area (Å²) in [5, 5.41) is 2.45. The maximum absolute atomic E-state index is 14.1. The first-order valence-electron chi connectivity index (χ1n) is 10.5. The number of hydrogen-bond acceptors (Lipinski definition) is 7. The van der Waals surface area contributed by atoms with Crippen molar-refractivity contribution in [2.24, 2.45) is 0 Å². The minimum absolute atomic E-state index is 0.105. The summed E-state index contributed by atoms with van der Waals surface area (Å²) >= 11 is 1.33. The maximum atomic E-state index is 14.1. The summed E-state index contributed by atoms with van der Waals surface area (Å²) in [6.07, 6.45) is 0.470. The van der Waals surface area contributed by atoms with Crippen LogP contribution in [0.4, 0.5) is 27.1 Å². The zero-order chi connectivity index (χ0) is 26.2. The van der Waals surface area contributed by atoms with Gasteiger partial charge < -0.3 is 14.4 Å². The number of sulfonamides is 1. The molecule has 0 aliphatic carbocycles. The second-order valence-electron chi connectivity index (χ2n) is 7.77. The van der Waals surface area contributed by atoms with Crippen LogP contribution in [-0.4, -0.2) is 58.1 Å². The lowest BCUT2D eigenvalue weighted by Gasteiger charge is -2.33. The number of hydrogen-bond donors (Lipinski definition) is 0. The highest BCUT2D eigenvalue weighted by Gasteiger charge is 2.38. The third-order valence-corrected chi connectivity index (χ3v) is 8.55. The molecule has 0 saturated carbocycles. The lowest BCUT2D eigenvalue weighted by Crippen LogP contribution is -2.49. The van der Waals surface area contributed by atoms with Crippen molar-refractivity contribution in [2.75, 3.05) is 45.3 Å². The van der Waals surface area contributed by atoms with E-state index in [1.807, 2.05) is 11.4 Å². The number of halogens is 5. The van der Waals surface area contributed by atoms with E-state index in [0.717, 1.165) is 11.3 Å². The number of ether oxygens (including phenoxy) is 2. The summed E-state index contributed by atoms with van der Waals surface area (Å²) in [5.41, 5.74) is 1.63. The fourth-order valence-electron chi connectivity index (χ4n) is 3.78. The van der Waals surface area contributed by atoms with Gasteiger partial charge in [0.25, 0.3) is 0 Å². The summed E-state index contributed by atoms with van der Waals surface area (Å²) in [4.78, 5) is 4.51. The predicted octanol–water partition coefficient (Wildman–Crippen LogP) is 3.96. The van der Waals surface area contributed by atoms with Crippen LogP contribution in [0.1, 0.15) is 11.3 Å². The Morgan fingerprint density at radius 1 is 0.917 bits per heavy atom. The molecule has 0 unspecified atom stereocenters. The van der Waals surface area contributed by atoms with Crippen molar-refractivity contribution in [3.63, 3.8) is 0 Å². The van der Waals surface area contributed by atoms with Gasteiger partial charge in [-0.25, -0.2) is 35.4 Å². The monoisotopic (exact) mass is 549 g/mol. The van der Waals surface area contributed by atoms with Gasteiger partial charge in [-0.1, -0.05) is 6.07 Å². The van der Waals surface area contributed by atoms with Crippen molar-refractivity contribution in [1.29, 1.82) is 0 Å². The fourth-order valence-corrected chi connectivity index (χ4v) is 6.19. The Labute approximate surface area is 207 Å². The van der Waals surface area contributed by atoms with Crippen molar-refractivity contribution in [1.82, 2.24) is 9.29 Å². The SMILES string of the molecule is COc1ccc(Cc2csc(N3CCN(S(=O)(=O)c4c(F)c(F)c(F)c(F)c4F)CC3)n2)c(OC)c1. The third-order valence-electron chi connectivity index (χ3n) is 5.68. The van der Waals surface area contributed by atoms with Crippen LogP contribution in [0.5, 0.6) is 11.5 Å². The average molecular weight is 550 g/mol. The molecule has 1 saturated heterocycles. The number of rotatable bonds is 7. The Bertz CT molecular complexity index is 1360. The van der Waals surface area contributed by atoms with Crippen LogP contribution in [0.2, 0.25) is 0 Å². The van der Waals surface area contributed by atoms with E-state index in [1.165, 1.54) is 11.3 Å². The van der Waals surface area contributed by atoms with Crippen molar-refractivity contribution in [3.05, 3.63) is 63.9 Å². The van der Waals surface area contributed by atoms with Crippen LogP contribution in [0, 0.1) is 29.1 Å². The molecular weight excluding hydrogens is 529 g/mol. The van der Waals surface area contributed by atoms with Gasteiger partial charge in [-0.3, -0.25) is 0 Å². The van der Waals surface area contributed by atoms with Crippen LogP contribution >= 0.6 is 11.3 Å². The molecule has 0 amide bonds. The first-order valence-corrected chi connectivity index (χ1v) is 12.8. The van der Waals surface area contributed by atoms with Gasteiger partial charge in [0.2, 0.25) is 15.8 Å². The Kier molecular flexibility index (Phi) is 7.38. The van der Waals surface area contributed by atoms with E-state index < -0.39 is 44.0 Å². The van der Waals surface area contributed by atoms with E-state index in [0.29, 0.717) is 27.4 Å². The minimum Gasteiger partial charge on any atom is -0.497 e. The number of methoxy groups -OCH3 is 2. The van der Waals surface area contributed by atoms with Crippen molar-refractivity contribution >= 4 is 26.5 Å². The second-order valence-corrected chi connectivity index (χ2v) is 10.5. The molecule has 0 bridgehead atoms. The fraction of sp³-hybridized carbons (Fsp3) is 0.318. The van der Waals surface area contributed by atoms with Gasteiger partial charge in [0.15, 0.2) is 33.3 Å². The molecule has 1 aliphatic heterocycles. The topological polar surface area (TPSA) is 72.0 Å². The first-order chi connectivity index (χ1) is 17.1. The molecule has 0 spiro atoms. The van der Waals surface area contributed by atoms with Crippen LogP contribution < -0.4 is 14.4 Å². The van der Waals surface area contributed by atoms with Gasteiger partial charge in [0, 0.05) is 49.6 Å². The molecule has 0 N–H and O–H groups in total. The van der Waals surface area contributed by atoms with Gasteiger partial charge in [-0.15, -0.1) is 11.3 Å². The standard InChI is InChI=1S/C22H20F5N3O4S2/c1-33-14-4-3-12(15(10-14)34-2)9-13-11-35-22(28-13)29-5-7-30(8-6-29)36(31,32)21-19(26)17(24)16(23)18(25)20(21)27/h3-4,10-11H,5-9H2,1-2H3. The summed E-state index contributed by atoms with van der Waals surface area (Å²) in [7, 11) is -1.87. The van der Waals surface area contributed by atoms with Crippen LogP contribution in [-0.2, 0) is 16.4 Å². The maximum Gasteiger partial charge on any atom is 0.249 e. The second kappa shape index (κ2) is 10.2. The van der Waals surface area contributed by atoms with E-state index in [9.17, 15) is 30.4 Å². The quantitative estimate of drug-likeness (QED) is 0.253. The van der Waals surface area contributed by atoms with Gasteiger partial charge >= 0.3 is 0 Å². The number of benzene rings is 2. The molecule has 2 heterocycles. The van der Waals surface area contributed by atoms with E-state index in [1.54, 1.807) is 31.3 Å². The van der Waals surface area contributed by atoms with E-state index >= 15 is 0 Å². The molecule has 194 valence electrons. The average Bonchev–Trinajstić information content (AvgIpc) is 3.35. The van der Waals surface area contributed by atoms with E-state index in [2.05, 4.69) is 4.98 Å². The molecular formula is C22H20F5N3O4S2. The minimum atomic E-state index is -4.97. The number of nitrogens with zero attached hydrogens (tertiary/aromatic N) is 3. The Morgan fingerprint density at radius 2 is 1.53 bits per heavy atom. The predicted molar refractivity (Wildman–Crippen MR) is 122 cm³/mol. The normalized spacial score (nSPS) is 14.8. The lowest BCUT2D eigenvalue weighted by molar-refractivity contribution is 0.344. The summed E-state index contributed by atoms with van der Waals surface area (Å²) in [6.45, 7) is -0.257. The number of thiazole rings is 1. The van der Waals surface area contributed by atoms with Crippen molar-refractivity contribution in [3.8, 4) is 11.5 Å². The molecule has 1 aliphatic rings. The molecule has 4 rings (SSSR count). The van der Waals surface area contributed by atoms with Gasteiger partial charge in [-0.05, 0) is 6.07 Å². The molecule has 36 heavy (non-hydrogen) atoms. The Hall–Kier alpha value is -2.97. The van der Waals surface area contributed by atoms with Gasteiger partial charge in [0.1, 0.15) is 11.5 Å². The highest BCUT2D eigenvalue weighted by Crippen LogP contribution is 2.32. The van der Waals surface area contributed by atoms with E-state index in [4.69, 9.17) is 9.47 Å². The number of aromatic nitrogens is 1. The zero-order valence-corrected chi connectivity index (χ0v) is 20.7. The molecule has 1 fully saturated rings. The van der Waals surface area contributed by atoms with Crippen LogP contribution in [0.15, 0.2) is 28.5 Å². The van der Waals surface area contributed by atoms with Crippen LogP contribution in [0.3, 0.4) is 0 Å². The van der Waals surface area contributed by atoms with Crippen LogP contribution in [0.25, 0.3) is 0 Å².